The maximum atomic E-state index is 12.7. The number of aliphatic carboxylic acids is 1. The van der Waals surface area contributed by atoms with Crippen molar-refractivity contribution in [3.05, 3.63) is 72.9 Å². The normalized spacial score (nSPS) is 13.6. The minimum atomic E-state index is -1.64. The summed E-state index contributed by atoms with van der Waals surface area (Å²) in [5, 5.41) is 11.7. The Morgan fingerprint density at radius 1 is 0.525 bits per heavy atom. The summed E-state index contributed by atoms with van der Waals surface area (Å²) in [7, 11) is 5.88. The third-order valence-corrected chi connectivity index (χ3v) is 9.45. The Balaban J connectivity index is 4.44. The molecule has 0 saturated carbocycles. The Hall–Kier alpha value is -3.27. The van der Waals surface area contributed by atoms with Gasteiger partial charge in [-0.1, -0.05) is 157 Å². The largest absolute Gasteiger partial charge is 0.545 e. The van der Waals surface area contributed by atoms with Gasteiger partial charge >= 0.3 is 11.9 Å². The first-order chi connectivity index (χ1) is 28.6. The molecular weight excluding hydrogens is 743 g/mol. The molecule has 9 nitrogen and oxygen atoms in total. The quantitative estimate of drug-likeness (QED) is 0.0197. The van der Waals surface area contributed by atoms with Crippen molar-refractivity contribution < 1.29 is 42.9 Å². The third-order valence-electron chi connectivity index (χ3n) is 9.45. The van der Waals surface area contributed by atoms with Gasteiger partial charge in [0, 0.05) is 12.8 Å². The second-order valence-corrected chi connectivity index (χ2v) is 16.3. The van der Waals surface area contributed by atoms with E-state index in [1.54, 1.807) is 0 Å². The number of carbonyl (C=O) groups is 3. The van der Waals surface area contributed by atoms with Crippen LogP contribution >= 0.6 is 0 Å². The van der Waals surface area contributed by atoms with E-state index in [1.165, 1.54) is 70.6 Å². The zero-order valence-electron chi connectivity index (χ0n) is 38.1. The Morgan fingerprint density at radius 3 is 1.51 bits per heavy atom. The summed E-state index contributed by atoms with van der Waals surface area (Å²) in [5.41, 5.74) is 0. The first-order valence-corrected chi connectivity index (χ1v) is 23.1. The number of rotatable bonds is 41. The molecular formula is C50H85NO8. The summed E-state index contributed by atoms with van der Waals surface area (Å²) >= 11 is 0. The van der Waals surface area contributed by atoms with Gasteiger partial charge in [0.15, 0.2) is 12.4 Å². The van der Waals surface area contributed by atoms with Crippen molar-refractivity contribution in [2.45, 2.75) is 180 Å². The Bertz CT molecular complexity index is 1200. The van der Waals surface area contributed by atoms with Crippen molar-refractivity contribution in [1.29, 1.82) is 0 Å². The first kappa shape index (κ1) is 55.7. The van der Waals surface area contributed by atoms with Crippen LogP contribution in [-0.2, 0) is 33.3 Å². The van der Waals surface area contributed by atoms with Crippen molar-refractivity contribution >= 4 is 17.9 Å². The summed E-state index contributed by atoms with van der Waals surface area (Å²) < 4.78 is 22.4. The minimum absolute atomic E-state index is 0.122. The molecule has 0 aromatic carbocycles. The van der Waals surface area contributed by atoms with Crippen molar-refractivity contribution in [2.24, 2.45) is 0 Å². The van der Waals surface area contributed by atoms with Crippen molar-refractivity contribution in [1.82, 2.24) is 0 Å². The van der Waals surface area contributed by atoms with E-state index in [-0.39, 0.29) is 38.6 Å². The van der Waals surface area contributed by atoms with Crippen LogP contribution in [0.3, 0.4) is 0 Å². The van der Waals surface area contributed by atoms with Crippen LogP contribution in [0.15, 0.2) is 72.9 Å². The van der Waals surface area contributed by atoms with Crippen LogP contribution in [0.4, 0.5) is 0 Å². The van der Waals surface area contributed by atoms with Gasteiger partial charge in [0.2, 0.25) is 0 Å². The number of hydrogen-bond donors (Lipinski definition) is 0. The first-order valence-electron chi connectivity index (χ1n) is 23.1. The monoisotopic (exact) mass is 828 g/mol. The minimum Gasteiger partial charge on any atom is -0.545 e. The number of likely N-dealkylation sites (N-methyl/N-ethyl adjacent to an activating group) is 1. The number of ether oxygens (including phenoxy) is 4. The predicted octanol–water partition coefficient (Wildman–Crippen LogP) is 11.0. The highest BCUT2D eigenvalue weighted by Gasteiger charge is 2.21. The molecule has 0 aliphatic carbocycles. The number of carboxylic acids is 1. The van der Waals surface area contributed by atoms with E-state index in [4.69, 9.17) is 18.9 Å². The molecule has 0 heterocycles. The number of unbranched alkanes of at least 4 members (excludes halogenated alkanes) is 14. The lowest BCUT2D eigenvalue weighted by atomic mass is 10.1. The fraction of sp³-hybridized carbons (Fsp3) is 0.700. The van der Waals surface area contributed by atoms with Crippen LogP contribution in [0.1, 0.15) is 168 Å². The summed E-state index contributed by atoms with van der Waals surface area (Å²) in [4.78, 5) is 36.9. The molecule has 0 fully saturated rings. The fourth-order valence-corrected chi connectivity index (χ4v) is 5.87. The fourth-order valence-electron chi connectivity index (χ4n) is 5.87. The topological polar surface area (TPSA) is 111 Å². The Morgan fingerprint density at radius 2 is 1.00 bits per heavy atom. The van der Waals surface area contributed by atoms with E-state index < -0.39 is 24.3 Å². The third kappa shape index (κ3) is 42.7. The van der Waals surface area contributed by atoms with Crippen molar-refractivity contribution in [3.63, 3.8) is 0 Å². The lowest BCUT2D eigenvalue weighted by Gasteiger charge is -2.26. The molecule has 0 radical (unpaired) electrons. The van der Waals surface area contributed by atoms with E-state index >= 15 is 0 Å². The maximum absolute atomic E-state index is 12.7. The van der Waals surface area contributed by atoms with Crippen LogP contribution in [0.5, 0.6) is 0 Å². The van der Waals surface area contributed by atoms with Gasteiger partial charge in [-0.3, -0.25) is 9.59 Å². The zero-order chi connectivity index (χ0) is 43.5. The number of nitrogens with zero attached hydrogens (tertiary/aromatic N) is 1. The number of esters is 2. The summed E-state index contributed by atoms with van der Waals surface area (Å²) in [6.45, 7) is 4.50. The molecule has 0 aromatic rings. The standard InChI is InChI=1S/C50H85NO8/c1-6-8-10-12-14-16-18-20-21-22-23-24-25-26-27-29-30-32-34-36-38-40-47(52)57-44-46(45-58-50(49(54)55)56-43-42-51(3,4)5)59-48(53)41-39-37-35-33-31-28-19-17-15-13-11-9-7-2/h9,11,15,17-18,20,22-23,28,31,35,37,46,50H,6-8,10,12-14,16,19,21,24-27,29-30,32-34,36,38-45H2,1-5H3/b11-9-,17-15-,20-18-,23-22-,31-28-,37-35-. The predicted molar refractivity (Wildman–Crippen MR) is 241 cm³/mol. The molecule has 0 N–H and O–H groups in total. The van der Waals surface area contributed by atoms with E-state index in [9.17, 15) is 19.5 Å². The molecule has 59 heavy (non-hydrogen) atoms. The second-order valence-electron chi connectivity index (χ2n) is 16.3. The number of carboxylic acid groups (broad SMARTS) is 1. The lowest BCUT2D eigenvalue weighted by Crippen LogP contribution is -2.44. The van der Waals surface area contributed by atoms with Gasteiger partial charge in [-0.15, -0.1) is 0 Å². The average Bonchev–Trinajstić information content (AvgIpc) is 3.19. The van der Waals surface area contributed by atoms with Gasteiger partial charge in [-0.2, -0.15) is 0 Å². The molecule has 0 amide bonds. The van der Waals surface area contributed by atoms with E-state index in [0.29, 0.717) is 17.4 Å². The molecule has 0 rings (SSSR count). The van der Waals surface area contributed by atoms with Crippen molar-refractivity contribution in [2.75, 3.05) is 47.5 Å². The number of carbonyl (C=O) groups excluding carboxylic acids is 3. The second kappa shape index (κ2) is 41.5. The van der Waals surface area contributed by atoms with Crippen molar-refractivity contribution in [3.8, 4) is 0 Å². The molecule has 0 saturated heterocycles. The number of hydrogen-bond acceptors (Lipinski definition) is 8. The molecule has 0 aliphatic heterocycles. The highest BCUT2D eigenvalue weighted by Crippen LogP contribution is 2.13. The molecule has 0 aromatic heterocycles. The smallest absolute Gasteiger partial charge is 0.306 e. The van der Waals surface area contributed by atoms with Gasteiger partial charge in [-0.25, -0.2) is 0 Å². The lowest BCUT2D eigenvalue weighted by molar-refractivity contribution is -0.870. The number of allylic oxidation sites excluding steroid dienone is 12. The molecule has 2 atom stereocenters. The van der Waals surface area contributed by atoms with E-state index in [1.807, 2.05) is 33.3 Å². The SMILES string of the molecule is CC/C=C\C/C=C\C/C=C\C/C=C\CCC(=O)OC(COC(=O)CCCCCCCCCCC/C=C\C/C=C\CCCCCCC)COC(OCC[N+](C)(C)C)C(=O)[O-]. The van der Waals surface area contributed by atoms with Gasteiger partial charge in [0.25, 0.3) is 0 Å². The van der Waals surface area contributed by atoms with Crippen LogP contribution in [-0.4, -0.2) is 82.3 Å². The van der Waals surface area contributed by atoms with Crippen LogP contribution in [0.2, 0.25) is 0 Å². The van der Waals surface area contributed by atoms with Gasteiger partial charge in [0.05, 0.1) is 40.3 Å². The molecule has 338 valence electrons. The summed E-state index contributed by atoms with van der Waals surface area (Å²) in [6, 6.07) is 0. The molecule has 0 bridgehead atoms. The summed E-state index contributed by atoms with van der Waals surface area (Å²) in [6.07, 6.45) is 48.1. The van der Waals surface area contributed by atoms with E-state index in [2.05, 4.69) is 74.6 Å². The van der Waals surface area contributed by atoms with Crippen LogP contribution in [0.25, 0.3) is 0 Å². The molecule has 0 aliphatic rings. The zero-order valence-corrected chi connectivity index (χ0v) is 38.1. The molecule has 9 heteroatoms. The van der Waals surface area contributed by atoms with Crippen LogP contribution < -0.4 is 5.11 Å². The van der Waals surface area contributed by atoms with Gasteiger partial charge < -0.3 is 33.3 Å². The maximum Gasteiger partial charge on any atom is 0.306 e. The summed E-state index contributed by atoms with van der Waals surface area (Å²) in [5.74, 6) is -2.41. The average molecular weight is 828 g/mol. The molecule has 0 spiro atoms. The van der Waals surface area contributed by atoms with Crippen LogP contribution in [0, 0.1) is 0 Å². The number of quaternary nitrogens is 1. The Labute approximate surface area is 360 Å². The van der Waals surface area contributed by atoms with E-state index in [0.717, 1.165) is 64.2 Å². The van der Waals surface area contributed by atoms with Gasteiger partial charge in [0.1, 0.15) is 13.2 Å². The van der Waals surface area contributed by atoms with Gasteiger partial charge in [-0.05, 0) is 70.6 Å². The highest BCUT2D eigenvalue weighted by atomic mass is 16.7. The Kier molecular flexibility index (Phi) is 39.2. The highest BCUT2D eigenvalue weighted by molar-refractivity contribution is 5.70. The molecule has 2 unspecified atom stereocenters.